The molecule has 0 unspecified atom stereocenters. The van der Waals surface area contributed by atoms with Crippen LogP contribution in [0.3, 0.4) is 0 Å². The van der Waals surface area contributed by atoms with Gasteiger partial charge in [-0.1, -0.05) is 24.3 Å². The molecule has 0 spiro atoms. The molecule has 1 N–H and O–H groups in total. The lowest BCUT2D eigenvalue weighted by Crippen LogP contribution is -2.12. The molecule has 6 nitrogen and oxygen atoms in total. The van der Waals surface area contributed by atoms with E-state index < -0.39 is 0 Å². The number of nitrogens with one attached hydrogen (secondary N) is 1. The summed E-state index contributed by atoms with van der Waals surface area (Å²) < 4.78 is 6.54. The Balaban J connectivity index is 1.56. The maximum atomic E-state index is 12.0. The molecule has 0 aliphatic rings. The van der Waals surface area contributed by atoms with Crippen molar-refractivity contribution in [1.82, 2.24) is 15.0 Å². The molecule has 0 radical (unpaired) electrons. The standard InChI is InChI=1S/C15H14N4O2S2/c1-2-10-7-17-12(21-10)9-22-13-8-18-15(23-13)19-14(20)11-5-3-4-6-16-11/h3-8H,2,9H2,1H3,(H,18,19,20). The monoisotopic (exact) mass is 346 g/mol. The average molecular weight is 346 g/mol. The molecule has 0 aromatic carbocycles. The second-order valence-electron chi connectivity index (χ2n) is 4.52. The third kappa shape index (κ3) is 4.17. The van der Waals surface area contributed by atoms with Crippen molar-refractivity contribution in [1.29, 1.82) is 0 Å². The van der Waals surface area contributed by atoms with Gasteiger partial charge in [-0.15, -0.1) is 11.8 Å². The average Bonchev–Trinajstić information content (AvgIpc) is 3.22. The van der Waals surface area contributed by atoms with Gasteiger partial charge in [-0.3, -0.25) is 15.1 Å². The molecule has 0 aliphatic carbocycles. The van der Waals surface area contributed by atoms with E-state index in [2.05, 4.69) is 20.3 Å². The molecule has 3 aromatic heterocycles. The predicted molar refractivity (Wildman–Crippen MR) is 89.7 cm³/mol. The molecular weight excluding hydrogens is 332 g/mol. The van der Waals surface area contributed by atoms with Crippen LogP contribution in [0.25, 0.3) is 0 Å². The quantitative estimate of drug-likeness (QED) is 0.686. The lowest BCUT2D eigenvalue weighted by molar-refractivity contribution is 0.102. The number of nitrogens with zero attached hydrogens (tertiary/aromatic N) is 3. The van der Waals surface area contributed by atoms with Crippen molar-refractivity contribution in [2.75, 3.05) is 5.32 Å². The van der Waals surface area contributed by atoms with Crippen LogP contribution >= 0.6 is 23.1 Å². The number of thioether (sulfide) groups is 1. The highest BCUT2D eigenvalue weighted by Gasteiger charge is 2.11. The normalized spacial score (nSPS) is 10.7. The van der Waals surface area contributed by atoms with Crippen LogP contribution in [0.1, 0.15) is 29.1 Å². The fourth-order valence-corrected chi connectivity index (χ4v) is 3.47. The number of hydrogen-bond donors (Lipinski definition) is 1. The van der Waals surface area contributed by atoms with Gasteiger partial charge >= 0.3 is 0 Å². The van der Waals surface area contributed by atoms with Crippen LogP contribution in [0.4, 0.5) is 5.13 Å². The van der Waals surface area contributed by atoms with Gasteiger partial charge in [0.05, 0.1) is 22.4 Å². The van der Waals surface area contributed by atoms with E-state index >= 15 is 0 Å². The van der Waals surface area contributed by atoms with Crippen LogP contribution in [0, 0.1) is 0 Å². The summed E-state index contributed by atoms with van der Waals surface area (Å²) in [5.74, 6) is 1.94. The van der Waals surface area contributed by atoms with E-state index in [1.807, 2.05) is 6.92 Å². The molecule has 0 bridgehead atoms. The Morgan fingerprint density at radius 2 is 2.22 bits per heavy atom. The Hall–Kier alpha value is -2.19. The van der Waals surface area contributed by atoms with Gasteiger partial charge in [-0.25, -0.2) is 9.97 Å². The molecule has 3 heterocycles. The van der Waals surface area contributed by atoms with E-state index in [0.29, 0.717) is 22.5 Å². The molecule has 0 aliphatic heterocycles. The number of anilines is 1. The molecule has 3 rings (SSSR count). The van der Waals surface area contributed by atoms with E-state index in [9.17, 15) is 4.79 Å². The van der Waals surface area contributed by atoms with Gasteiger partial charge in [0.15, 0.2) is 5.13 Å². The molecule has 118 valence electrons. The third-order valence-electron chi connectivity index (χ3n) is 2.89. The number of thiazole rings is 1. The van der Waals surface area contributed by atoms with Crippen LogP contribution in [0.5, 0.6) is 0 Å². The molecule has 8 heteroatoms. The summed E-state index contributed by atoms with van der Waals surface area (Å²) in [6.07, 6.45) is 5.90. The third-order valence-corrected chi connectivity index (χ3v) is 4.98. The van der Waals surface area contributed by atoms with Crippen molar-refractivity contribution in [2.24, 2.45) is 0 Å². The van der Waals surface area contributed by atoms with E-state index in [-0.39, 0.29) is 5.91 Å². The first kappa shape index (κ1) is 15.7. The summed E-state index contributed by atoms with van der Waals surface area (Å²) in [6, 6.07) is 5.19. The van der Waals surface area contributed by atoms with Crippen molar-refractivity contribution in [3.63, 3.8) is 0 Å². The number of carbonyl (C=O) groups is 1. The van der Waals surface area contributed by atoms with E-state index in [1.165, 1.54) is 11.3 Å². The number of carbonyl (C=O) groups excluding carboxylic acids is 1. The van der Waals surface area contributed by atoms with Crippen LogP contribution in [0.2, 0.25) is 0 Å². The zero-order valence-electron chi connectivity index (χ0n) is 12.4. The van der Waals surface area contributed by atoms with Gasteiger partial charge in [-0.2, -0.15) is 0 Å². The SMILES string of the molecule is CCc1cnc(CSc2cnc(NC(=O)c3ccccn3)s2)o1. The Bertz CT molecular complexity index is 786. The largest absolute Gasteiger partial charge is 0.445 e. The Labute approximate surface area is 141 Å². The van der Waals surface area contributed by atoms with E-state index in [0.717, 1.165) is 16.4 Å². The highest BCUT2D eigenvalue weighted by molar-refractivity contribution is 8.00. The molecule has 0 saturated heterocycles. The first-order valence-electron chi connectivity index (χ1n) is 6.99. The lowest BCUT2D eigenvalue weighted by Gasteiger charge is -1.99. The summed E-state index contributed by atoms with van der Waals surface area (Å²) in [7, 11) is 0. The maximum absolute atomic E-state index is 12.0. The van der Waals surface area contributed by atoms with Crippen LogP contribution in [-0.2, 0) is 12.2 Å². The van der Waals surface area contributed by atoms with E-state index in [1.54, 1.807) is 48.6 Å². The van der Waals surface area contributed by atoms with Crippen LogP contribution in [-0.4, -0.2) is 20.9 Å². The Kier molecular flexibility index (Phi) is 5.04. The number of hydrogen-bond acceptors (Lipinski definition) is 7. The highest BCUT2D eigenvalue weighted by atomic mass is 32.2. The van der Waals surface area contributed by atoms with Gasteiger partial charge in [0, 0.05) is 12.6 Å². The summed E-state index contributed by atoms with van der Waals surface area (Å²) in [5.41, 5.74) is 0.365. The van der Waals surface area contributed by atoms with Gasteiger partial charge in [0.1, 0.15) is 11.5 Å². The van der Waals surface area contributed by atoms with Crippen molar-refractivity contribution < 1.29 is 9.21 Å². The molecule has 3 aromatic rings. The smallest absolute Gasteiger partial charge is 0.276 e. The first-order valence-corrected chi connectivity index (χ1v) is 8.79. The number of amides is 1. The fraction of sp³-hybridized carbons (Fsp3) is 0.200. The molecule has 0 atom stereocenters. The summed E-state index contributed by atoms with van der Waals surface area (Å²) in [4.78, 5) is 24.4. The van der Waals surface area contributed by atoms with Gasteiger partial charge in [-0.05, 0) is 12.1 Å². The summed E-state index contributed by atoms with van der Waals surface area (Å²) in [6.45, 7) is 2.02. The molecule has 23 heavy (non-hydrogen) atoms. The summed E-state index contributed by atoms with van der Waals surface area (Å²) >= 11 is 2.98. The second kappa shape index (κ2) is 7.38. The second-order valence-corrected chi connectivity index (χ2v) is 6.82. The minimum atomic E-state index is -0.267. The number of rotatable bonds is 6. The van der Waals surface area contributed by atoms with Crippen LogP contribution in [0.15, 0.2) is 45.4 Å². The molecule has 0 saturated carbocycles. The Morgan fingerprint density at radius 1 is 1.30 bits per heavy atom. The first-order chi connectivity index (χ1) is 11.2. The van der Waals surface area contributed by atoms with Gasteiger partial charge < -0.3 is 4.42 Å². The molecular formula is C15H14N4O2S2. The van der Waals surface area contributed by atoms with Crippen molar-refractivity contribution >= 4 is 34.1 Å². The van der Waals surface area contributed by atoms with Gasteiger partial charge in [0.25, 0.3) is 5.91 Å². The van der Waals surface area contributed by atoms with Gasteiger partial charge in [0.2, 0.25) is 5.89 Å². The zero-order valence-corrected chi connectivity index (χ0v) is 14.0. The summed E-state index contributed by atoms with van der Waals surface area (Å²) in [5, 5.41) is 3.29. The van der Waals surface area contributed by atoms with Crippen molar-refractivity contribution in [2.45, 2.75) is 23.3 Å². The number of aryl methyl sites for hydroxylation is 1. The predicted octanol–water partition coefficient (Wildman–Crippen LogP) is 3.63. The van der Waals surface area contributed by atoms with E-state index in [4.69, 9.17) is 4.42 Å². The topological polar surface area (TPSA) is 80.9 Å². The Morgan fingerprint density at radius 3 is 2.96 bits per heavy atom. The molecule has 0 fully saturated rings. The zero-order chi connectivity index (χ0) is 16.1. The number of oxazole rings is 1. The lowest BCUT2D eigenvalue weighted by atomic mass is 10.3. The molecule has 1 amide bonds. The minimum absolute atomic E-state index is 0.267. The number of pyridine rings is 1. The maximum Gasteiger partial charge on any atom is 0.276 e. The van der Waals surface area contributed by atoms with Crippen molar-refractivity contribution in [3.8, 4) is 0 Å². The highest BCUT2D eigenvalue weighted by Crippen LogP contribution is 2.30. The van der Waals surface area contributed by atoms with Crippen molar-refractivity contribution in [3.05, 3.63) is 54.1 Å². The van der Waals surface area contributed by atoms with Crippen LogP contribution < -0.4 is 5.32 Å². The number of aromatic nitrogens is 3. The minimum Gasteiger partial charge on any atom is -0.445 e. The fourth-order valence-electron chi connectivity index (χ4n) is 1.75.